The number of nitrogens with zero attached hydrogens (tertiary/aromatic N) is 1. The lowest BCUT2D eigenvalue weighted by atomic mass is 10.1. The van der Waals surface area contributed by atoms with Crippen LogP contribution in [0.1, 0.15) is 22.3 Å². The van der Waals surface area contributed by atoms with Crippen molar-refractivity contribution >= 4 is 5.91 Å². The molecule has 14 heavy (non-hydrogen) atoms. The van der Waals surface area contributed by atoms with Crippen LogP contribution < -0.4 is 0 Å². The van der Waals surface area contributed by atoms with Gasteiger partial charge in [0, 0.05) is 13.1 Å². The smallest absolute Gasteiger partial charge is 0.257 e. The normalized spacial score (nSPS) is 15.1. The zero-order valence-corrected chi connectivity index (χ0v) is 8.16. The highest BCUT2D eigenvalue weighted by atomic mass is 16.3. The van der Waals surface area contributed by atoms with E-state index in [0.717, 1.165) is 25.1 Å². The van der Waals surface area contributed by atoms with Crippen LogP contribution in [0.5, 0.6) is 5.75 Å². The standard InChI is InChI=1S/C11H13NO2/c1-8-3-4-9(10(13)7-8)11(14)12-5-2-6-12/h3-4,7,13H,2,5-6H2,1H3. The molecule has 1 aromatic rings. The Morgan fingerprint density at radius 2 is 2.14 bits per heavy atom. The molecule has 1 heterocycles. The topological polar surface area (TPSA) is 40.5 Å². The molecule has 1 amide bonds. The molecule has 3 nitrogen and oxygen atoms in total. The molecule has 0 aliphatic carbocycles. The maximum atomic E-state index is 11.7. The van der Waals surface area contributed by atoms with Gasteiger partial charge in [0.1, 0.15) is 5.75 Å². The van der Waals surface area contributed by atoms with Crippen LogP contribution in [-0.2, 0) is 0 Å². The molecule has 0 spiro atoms. The first-order chi connectivity index (χ1) is 6.68. The van der Waals surface area contributed by atoms with Gasteiger partial charge in [-0.1, -0.05) is 6.07 Å². The van der Waals surface area contributed by atoms with Crippen molar-refractivity contribution in [2.75, 3.05) is 13.1 Å². The summed E-state index contributed by atoms with van der Waals surface area (Å²) in [4.78, 5) is 13.5. The van der Waals surface area contributed by atoms with Crippen molar-refractivity contribution in [2.45, 2.75) is 13.3 Å². The van der Waals surface area contributed by atoms with Gasteiger partial charge in [-0.2, -0.15) is 0 Å². The second-order valence-electron chi connectivity index (χ2n) is 3.67. The summed E-state index contributed by atoms with van der Waals surface area (Å²) in [5, 5.41) is 9.58. The van der Waals surface area contributed by atoms with Gasteiger partial charge in [-0.15, -0.1) is 0 Å². The third-order valence-corrected chi connectivity index (χ3v) is 2.53. The van der Waals surface area contributed by atoms with Crippen LogP contribution in [-0.4, -0.2) is 29.0 Å². The molecule has 0 bridgehead atoms. The van der Waals surface area contributed by atoms with E-state index in [9.17, 15) is 9.90 Å². The Bertz CT molecular complexity index is 370. The highest BCUT2D eigenvalue weighted by Gasteiger charge is 2.23. The van der Waals surface area contributed by atoms with Crippen LogP contribution >= 0.6 is 0 Å². The van der Waals surface area contributed by atoms with Crippen LogP contribution in [0.3, 0.4) is 0 Å². The number of aryl methyl sites for hydroxylation is 1. The van der Waals surface area contributed by atoms with E-state index >= 15 is 0 Å². The Morgan fingerprint density at radius 3 is 2.64 bits per heavy atom. The Kier molecular flexibility index (Phi) is 2.15. The summed E-state index contributed by atoms with van der Waals surface area (Å²) in [6.45, 7) is 3.51. The van der Waals surface area contributed by atoms with E-state index in [-0.39, 0.29) is 11.7 Å². The van der Waals surface area contributed by atoms with Gasteiger partial charge in [-0.3, -0.25) is 4.79 Å². The number of carbonyl (C=O) groups is 1. The molecule has 1 saturated heterocycles. The molecule has 74 valence electrons. The molecular formula is C11H13NO2. The van der Waals surface area contributed by atoms with Gasteiger partial charge in [0.05, 0.1) is 5.56 Å². The molecule has 3 heteroatoms. The predicted molar refractivity (Wildman–Crippen MR) is 53.4 cm³/mol. The minimum absolute atomic E-state index is 0.0613. The number of benzene rings is 1. The summed E-state index contributed by atoms with van der Waals surface area (Å²) >= 11 is 0. The fraction of sp³-hybridized carbons (Fsp3) is 0.364. The van der Waals surface area contributed by atoms with Gasteiger partial charge in [0.25, 0.3) is 5.91 Å². The van der Waals surface area contributed by atoms with Crippen LogP contribution in [0.15, 0.2) is 18.2 Å². The molecule has 1 aliphatic heterocycles. The van der Waals surface area contributed by atoms with Crippen LogP contribution in [0.4, 0.5) is 0 Å². The van der Waals surface area contributed by atoms with Crippen LogP contribution in [0.25, 0.3) is 0 Å². The van der Waals surface area contributed by atoms with E-state index in [1.165, 1.54) is 0 Å². The molecule has 1 aliphatic rings. The Hall–Kier alpha value is -1.51. The SMILES string of the molecule is Cc1ccc(C(=O)N2CCC2)c(O)c1. The van der Waals surface area contributed by atoms with E-state index in [1.54, 1.807) is 17.0 Å². The van der Waals surface area contributed by atoms with Crippen molar-refractivity contribution in [1.29, 1.82) is 0 Å². The Balaban J connectivity index is 2.26. The van der Waals surface area contributed by atoms with E-state index in [0.29, 0.717) is 5.56 Å². The molecule has 1 fully saturated rings. The van der Waals surface area contributed by atoms with Crippen LogP contribution in [0.2, 0.25) is 0 Å². The number of phenols is 1. The molecule has 0 atom stereocenters. The molecule has 1 aromatic carbocycles. The second-order valence-corrected chi connectivity index (χ2v) is 3.67. The molecule has 0 radical (unpaired) electrons. The predicted octanol–water partition coefficient (Wildman–Crippen LogP) is 1.55. The van der Waals surface area contributed by atoms with Crippen molar-refractivity contribution in [3.8, 4) is 5.75 Å². The highest BCUT2D eigenvalue weighted by Crippen LogP contribution is 2.22. The summed E-state index contributed by atoms with van der Waals surface area (Å²) in [7, 11) is 0. The van der Waals surface area contributed by atoms with Crippen molar-refractivity contribution < 1.29 is 9.90 Å². The summed E-state index contributed by atoms with van der Waals surface area (Å²) in [6.07, 6.45) is 1.07. The van der Waals surface area contributed by atoms with E-state index in [4.69, 9.17) is 0 Å². The zero-order valence-electron chi connectivity index (χ0n) is 8.16. The maximum Gasteiger partial charge on any atom is 0.257 e. The highest BCUT2D eigenvalue weighted by molar-refractivity contribution is 5.97. The number of hydrogen-bond acceptors (Lipinski definition) is 2. The first-order valence-electron chi connectivity index (χ1n) is 4.77. The third kappa shape index (κ3) is 1.45. The molecule has 2 rings (SSSR count). The third-order valence-electron chi connectivity index (χ3n) is 2.53. The van der Waals surface area contributed by atoms with Crippen LogP contribution in [0, 0.1) is 6.92 Å². The number of rotatable bonds is 1. The lowest BCUT2D eigenvalue weighted by Gasteiger charge is -2.31. The van der Waals surface area contributed by atoms with Crippen molar-refractivity contribution in [3.63, 3.8) is 0 Å². The van der Waals surface area contributed by atoms with Gasteiger partial charge < -0.3 is 10.0 Å². The summed E-state index contributed by atoms with van der Waals surface area (Å²) < 4.78 is 0. The van der Waals surface area contributed by atoms with Crippen molar-refractivity contribution in [2.24, 2.45) is 0 Å². The van der Waals surface area contributed by atoms with Crippen molar-refractivity contribution in [3.05, 3.63) is 29.3 Å². The quantitative estimate of drug-likeness (QED) is 0.731. The average Bonchev–Trinajstić information content (AvgIpc) is 2.00. The average molecular weight is 191 g/mol. The van der Waals surface area contributed by atoms with E-state index in [2.05, 4.69) is 0 Å². The molecule has 1 N–H and O–H groups in total. The van der Waals surface area contributed by atoms with Gasteiger partial charge in [0.15, 0.2) is 0 Å². The fourth-order valence-corrected chi connectivity index (χ4v) is 1.51. The number of amides is 1. The lowest BCUT2D eigenvalue weighted by Crippen LogP contribution is -2.42. The summed E-state index contributed by atoms with van der Waals surface area (Å²) in [5.74, 6) is 0.0238. The number of likely N-dealkylation sites (tertiary alicyclic amines) is 1. The van der Waals surface area contributed by atoms with E-state index in [1.807, 2.05) is 13.0 Å². The first-order valence-corrected chi connectivity index (χ1v) is 4.77. The van der Waals surface area contributed by atoms with Gasteiger partial charge in [0.2, 0.25) is 0 Å². The second kappa shape index (κ2) is 3.33. The van der Waals surface area contributed by atoms with Gasteiger partial charge >= 0.3 is 0 Å². The number of aromatic hydroxyl groups is 1. The summed E-state index contributed by atoms with van der Waals surface area (Å²) in [6, 6.07) is 5.14. The van der Waals surface area contributed by atoms with E-state index < -0.39 is 0 Å². The number of hydrogen-bond donors (Lipinski definition) is 1. The fourth-order valence-electron chi connectivity index (χ4n) is 1.51. The van der Waals surface area contributed by atoms with Gasteiger partial charge in [-0.25, -0.2) is 0 Å². The Labute approximate surface area is 83.0 Å². The molecule has 0 saturated carbocycles. The molecular weight excluding hydrogens is 178 g/mol. The van der Waals surface area contributed by atoms with Gasteiger partial charge in [-0.05, 0) is 31.0 Å². The maximum absolute atomic E-state index is 11.7. The Morgan fingerprint density at radius 1 is 1.43 bits per heavy atom. The lowest BCUT2D eigenvalue weighted by molar-refractivity contribution is 0.0649. The molecule has 0 unspecified atom stereocenters. The minimum atomic E-state index is -0.0613. The largest absolute Gasteiger partial charge is 0.507 e. The monoisotopic (exact) mass is 191 g/mol. The number of phenolic OH excluding ortho intramolecular Hbond substituents is 1. The zero-order chi connectivity index (χ0) is 10.1. The minimum Gasteiger partial charge on any atom is -0.507 e. The first kappa shape index (κ1) is 9.06. The molecule has 0 aromatic heterocycles. The number of carbonyl (C=O) groups excluding carboxylic acids is 1. The summed E-state index contributed by atoms with van der Waals surface area (Å²) in [5.41, 5.74) is 1.37. The van der Waals surface area contributed by atoms with Crippen molar-refractivity contribution in [1.82, 2.24) is 4.90 Å².